The molecule has 1 aliphatic heterocycles. The third kappa shape index (κ3) is 8.59. The molecule has 0 fully saturated rings. The zero-order valence-electron chi connectivity index (χ0n) is 26.9. The predicted molar refractivity (Wildman–Crippen MR) is 187 cm³/mol. The number of rotatable bonds is 3. The molecule has 222 valence electrons. The summed E-state index contributed by atoms with van der Waals surface area (Å²) in [5.41, 5.74) is 12.9. The SMILES string of the molecule is C.CC.CC.CC.CCc1cc(C)cc(CN2c3ccccc3[C@H](C)[C@@H]2C)c1.c1ccc2c(c1)Cc1ccccc1-2. The van der Waals surface area contributed by atoms with Crippen molar-refractivity contribution in [2.45, 2.75) is 108 Å². The number of nitrogens with zero attached hydrogens (tertiary/aromatic N) is 1. The Balaban J connectivity index is 0.000000361. The van der Waals surface area contributed by atoms with Crippen LogP contribution in [0.1, 0.15) is 109 Å². The van der Waals surface area contributed by atoms with Crippen LogP contribution in [0.2, 0.25) is 0 Å². The van der Waals surface area contributed by atoms with Gasteiger partial charge in [-0.25, -0.2) is 0 Å². The molecule has 2 aliphatic rings. The topological polar surface area (TPSA) is 3.24 Å². The van der Waals surface area contributed by atoms with E-state index in [1.54, 1.807) is 0 Å². The minimum absolute atomic E-state index is 0. The van der Waals surface area contributed by atoms with Gasteiger partial charge in [-0.1, -0.05) is 153 Å². The molecular weight excluding hydrogens is 494 g/mol. The van der Waals surface area contributed by atoms with Gasteiger partial charge in [0.2, 0.25) is 0 Å². The van der Waals surface area contributed by atoms with E-state index in [2.05, 4.69) is 124 Å². The standard InChI is InChI=1S/C20H25N.C13H10.3C2H6.CH4/c1-5-17-10-14(2)11-18(12-17)13-21-16(4)15(3)19-8-6-7-9-20(19)21;1-3-7-12-10(5-1)9-11-6-2-4-8-13(11)12;3*1-2;/h6-12,15-16H,5,13H2,1-4H3;1-8H,9H2;3*1-2H3;1H4/t15-,16+;;;;;/m1...../s1. The molecule has 1 nitrogen and oxygen atoms in total. The summed E-state index contributed by atoms with van der Waals surface area (Å²) in [5, 5.41) is 0. The molecule has 0 amide bonds. The first-order valence-electron chi connectivity index (χ1n) is 15.7. The highest BCUT2D eigenvalue weighted by atomic mass is 15.2. The second-order valence-electron chi connectivity index (χ2n) is 9.89. The lowest BCUT2D eigenvalue weighted by Crippen LogP contribution is -2.30. The Morgan fingerprint density at radius 3 is 1.71 bits per heavy atom. The lowest BCUT2D eigenvalue weighted by atomic mass is 9.98. The summed E-state index contributed by atoms with van der Waals surface area (Å²) in [6.45, 7) is 22.1. The lowest BCUT2D eigenvalue weighted by molar-refractivity contribution is 0.591. The number of fused-ring (bicyclic) bond motifs is 4. The van der Waals surface area contributed by atoms with E-state index in [0.717, 1.165) is 19.4 Å². The third-order valence-corrected chi connectivity index (χ3v) is 7.62. The van der Waals surface area contributed by atoms with Gasteiger partial charge < -0.3 is 4.90 Å². The van der Waals surface area contributed by atoms with E-state index < -0.39 is 0 Å². The van der Waals surface area contributed by atoms with Crippen LogP contribution in [0.5, 0.6) is 0 Å². The lowest BCUT2D eigenvalue weighted by Gasteiger charge is -2.27. The van der Waals surface area contributed by atoms with Crippen LogP contribution < -0.4 is 4.90 Å². The first-order chi connectivity index (χ1) is 19.5. The van der Waals surface area contributed by atoms with Gasteiger partial charge in [-0.2, -0.15) is 0 Å². The largest absolute Gasteiger partial charge is 0.364 e. The predicted octanol–water partition coefficient (Wildman–Crippen LogP) is 12.0. The Bertz CT molecular complexity index is 1260. The maximum atomic E-state index is 2.56. The monoisotopic (exact) mass is 551 g/mol. The van der Waals surface area contributed by atoms with Gasteiger partial charge in [-0.15, -0.1) is 0 Å². The van der Waals surface area contributed by atoms with Crippen LogP contribution in [0, 0.1) is 6.92 Å². The normalized spacial score (nSPS) is 14.9. The Labute approximate surface area is 253 Å². The number of anilines is 1. The molecule has 4 aromatic carbocycles. The van der Waals surface area contributed by atoms with E-state index >= 15 is 0 Å². The molecule has 1 heterocycles. The molecule has 6 rings (SSSR count). The summed E-state index contributed by atoms with van der Waals surface area (Å²) >= 11 is 0. The summed E-state index contributed by atoms with van der Waals surface area (Å²) < 4.78 is 0. The summed E-state index contributed by atoms with van der Waals surface area (Å²) in [7, 11) is 0. The zero-order valence-corrected chi connectivity index (χ0v) is 26.9. The van der Waals surface area contributed by atoms with Crippen LogP contribution in [0.3, 0.4) is 0 Å². The number of hydrogen-bond donors (Lipinski definition) is 0. The van der Waals surface area contributed by atoms with Crippen molar-refractivity contribution in [3.05, 3.63) is 124 Å². The number of hydrogen-bond acceptors (Lipinski definition) is 1. The highest BCUT2D eigenvalue weighted by molar-refractivity contribution is 5.76. The van der Waals surface area contributed by atoms with Gasteiger partial charge in [0.25, 0.3) is 0 Å². The average molecular weight is 552 g/mol. The molecule has 0 unspecified atom stereocenters. The molecular formula is C40H57N. The Kier molecular flexibility index (Phi) is 15.8. The molecule has 0 spiro atoms. The van der Waals surface area contributed by atoms with E-state index in [1.165, 1.54) is 50.2 Å². The van der Waals surface area contributed by atoms with E-state index in [-0.39, 0.29) is 7.43 Å². The number of benzene rings is 4. The molecule has 1 aliphatic carbocycles. The van der Waals surface area contributed by atoms with E-state index in [9.17, 15) is 0 Å². The molecule has 2 atom stereocenters. The highest BCUT2D eigenvalue weighted by Crippen LogP contribution is 2.41. The maximum absolute atomic E-state index is 2.56. The van der Waals surface area contributed by atoms with Crippen molar-refractivity contribution < 1.29 is 0 Å². The van der Waals surface area contributed by atoms with Crippen LogP contribution in [-0.4, -0.2) is 6.04 Å². The molecule has 41 heavy (non-hydrogen) atoms. The van der Waals surface area contributed by atoms with Crippen molar-refractivity contribution in [2.24, 2.45) is 0 Å². The minimum atomic E-state index is 0. The summed E-state index contributed by atoms with van der Waals surface area (Å²) in [5.74, 6) is 0.608. The molecule has 0 N–H and O–H groups in total. The quantitative estimate of drug-likeness (QED) is 0.215. The smallest absolute Gasteiger partial charge is 0.0433 e. The van der Waals surface area contributed by atoms with Crippen molar-refractivity contribution >= 4 is 5.69 Å². The fourth-order valence-electron chi connectivity index (χ4n) is 5.63. The first kappa shape index (κ1) is 35.7. The number of aryl methyl sites for hydroxylation is 2. The van der Waals surface area contributed by atoms with E-state index in [4.69, 9.17) is 0 Å². The maximum Gasteiger partial charge on any atom is 0.0433 e. The fraction of sp³-hybridized carbons (Fsp3) is 0.400. The molecule has 1 heteroatoms. The Morgan fingerprint density at radius 1 is 0.659 bits per heavy atom. The van der Waals surface area contributed by atoms with E-state index in [1.807, 2.05) is 41.5 Å². The highest BCUT2D eigenvalue weighted by Gasteiger charge is 2.32. The van der Waals surface area contributed by atoms with E-state index in [0.29, 0.717) is 12.0 Å². The van der Waals surface area contributed by atoms with Crippen LogP contribution in [0.15, 0.2) is 91.0 Å². The van der Waals surface area contributed by atoms with Crippen molar-refractivity contribution in [2.75, 3.05) is 4.90 Å². The summed E-state index contributed by atoms with van der Waals surface area (Å²) in [6, 6.07) is 33.7. The molecule has 0 aromatic heterocycles. The minimum Gasteiger partial charge on any atom is -0.364 e. The van der Waals surface area contributed by atoms with Gasteiger partial charge in [-0.05, 0) is 71.7 Å². The van der Waals surface area contributed by atoms with Crippen molar-refractivity contribution in [1.29, 1.82) is 0 Å². The summed E-state index contributed by atoms with van der Waals surface area (Å²) in [4.78, 5) is 2.56. The second-order valence-corrected chi connectivity index (χ2v) is 9.89. The Morgan fingerprint density at radius 2 is 1.15 bits per heavy atom. The van der Waals surface area contributed by atoms with Gasteiger partial charge in [0, 0.05) is 24.2 Å². The van der Waals surface area contributed by atoms with Gasteiger partial charge in [0.15, 0.2) is 0 Å². The number of para-hydroxylation sites is 1. The molecule has 4 aromatic rings. The van der Waals surface area contributed by atoms with Crippen LogP contribution in [0.25, 0.3) is 11.1 Å². The summed E-state index contributed by atoms with van der Waals surface area (Å²) in [6.07, 6.45) is 2.21. The average Bonchev–Trinajstić information content (AvgIpc) is 3.51. The molecule has 0 radical (unpaired) electrons. The van der Waals surface area contributed by atoms with Gasteiger partial charge in [0.1, 0.15) is 0 Å². The fourth-order valence-corrected chi connectivity index (χ4v) is 5.63. The second kappa shape index (κ2) is 18.2. The van der Waals surface area contributed by atoms with Gasteiger partial charge >= 0.3 is 0 Å². The van der Waals surface area contributed by atoms with Crippen LogP contribution in [0.4, 0.5) is 5.69 Å². The van der Waals surface area contributed by atoms with Crippen LogP contribution >= 0.6 is 0 Å². The zero-order chi connectivity index (χ0) is 29.7. The van der Waals surface area contributed by atoms with Crippen molar-refractivity contribution in [1.82, 2.24) is 0 Å². The molecule has 0 saturated heterocycles. The molecule has 0 saturated carbocycles. The van der Waals surface area contributed by atoms with Crippen molar-refractivity contribution in [3.63, 3.8) is 0 Å². The Hall–Kier alpha value is -3.32. The van der Waals surface area contributed by atoms with Crippen LogP contribution in [-0.2, 0) is 19.4 Å². The first-order valence-corrected chi connectivity index (χ1v) is 15.7. The van der Waals surface area contributed by atoms with Crippen molar-refractivity contribution in [3.8, 4) is 11.1 Å². The third-order valence-electron chi connectivity index (χ3n) is 7.62. The van der Waals surface area contributed by atoms with Gasteiger partial charge in [0.05, 0.1) is 0 Å². The van der Waals surface area contributed by atoms with Gasteiger partial charge in [-0.3, -0.25) is 0 Å². The molecule has 0 bridgehead atoms.